The molecule has 0 aliphatic heterocycles. The molecule has 0 aliphatic rings. The van der Waals surface area contributed by atoms with E-state index in [-0.39, 0.29) is 5.95 Å². The zero-order valence-electron chi connectivity index (χ0n) is 5.11. The number of nitrogen functional groups attached to an aromatic ring is 2. The summed E-state index contributed by atoms with van der Waals surface area (Å²) in [6, 6.07) is 1.56. The van der Waals surface area contributed by atoms with E-state index >= 15 is 0 Å². The fourth-order valence-corrected chi connectivity index (χ4v) is 0.687. The van der Waals surface area contributed by atoms with E-state index in [2.05, 4.69) is 22.2 Å². The maximum Gasteiger partial charge on any atom is 0.222 e. The largest absolute Gasteiger partial charge is 0.384 e. The summed E-state index contributed by atoms with van der Waals surface area (Å²) < 4.78 is 0. The molecule has 0 spiro atoms. The van der Waals surface area contributed by atoms with Crippen LogP contribution in [-0.4, -0.2) is 15.3 Å². The Balaban J connectivity index is 3.18. The third-order valence-corrected chi connectivity index (χ3v) is 1.15. The molecule has 0 unspecified atom stereocenters. The van der Waals surface area contributed by atoms with Gasteiger partial charge in [0.1, 0.15) is 5.82 Å². The third-order valence-electron chi connectivity index (χ3n) is 0.904. The Hall–Kier alpha value is -1.23. The molecule has 0 aromatic carbocycles. The van der Waals surface area contributed by atoms with Gasteiger partial charge in [0.2, 0.25) is 5.95 Å². The fourth-order valence-electron chi connectivity index (χ4n) is 0.566. The molecule has 10 heavy (non-hydrogen) atoms. The maximum absolute atomic E-state index is 5.34. The number of aromatic nitrogens is 2. The molecule has 0 saturated heterocycles. The van der Waals surface area contributed by atoms with Crippen LogP contribution in [0.3, 0.4) is 0 Å². The van der Waals surface area contributed by atoms with Gasteiger partial charge in [-0.05, 0) is 0 Å². The van der Waals surface area contributed by atoms with E-state index in [1.54, 1.807) is 6.07 Å². The lowest BCUT2D eigenvalue weighted by atomic mass is 10.4. The minimum absolute atomic E-state index is 0.149. The number of thiocarbonyl (C=S) groups is 1. The average Bonchev–Trinajstić information content (AvgIpc) is 1.85. The maximum atomic E-state index is 5.34. The van der Waals surface area contributed by atoms with Crippen LogP contribution in [-0.2, 0) is 0 Å². The molecule has 0 amide bonds. The molecule has 0 saturated carbocycles. The van der Waals surface area contributed by atoms with Gasteiger partial charge in [0.15, 0.2) is 0 Å². The molecule has 1 heterocycles. The zero-order chi connectivity index (χ0) is 7.56. The molecule has 0 atom stereocenters. The molecule has 4 N–H and O–H groups in total. The van der Waals surface area contributed by atoms with Crippen molar-refractivity contribution in [3.8, 4) is 0 Å². The molecular formula is C5H6N4S. The van der Waals surface area contributed by atoms with Gasteiger partial charge in [0, 0.05) is 11.4 Å². The zero-order valence-corrected chi connectivity index (χ0v) is 5.93. The topological polar surface area (TPSA) is 77.8 Å². The summed E-state index contributed by atoms with van der Waals surface area (Å²) in [6.07, 6.45) is 0. The van der Waals surface area contributed by atoms with Crippen molar-refractivity contribution >= 4 is 29.4 Å². The molecule has 4 nitrogen and oxygen atoms in total. The highest BCUT2D eigenvalue weighted by atomic mass is 32.1. The van der Waals surface area contributed by atoms with Gasteiger partial charge in [-0.25, -0.2) is 4.98 Å². The number of anilines is 2. The Morgan fingerprint density at radius 3 is 2.60 bits per heavy atom. The third kappa shape index (κ3) is 1.38. The molecule has 0 aliphatic carbocycles. The first-order valence-electron chi connectivity index (χ1n) is 2.57. The monoisotopic (exact) mass is 154 g/mol. The van der Waals surface area contributed by atoms with Crippen molar-refractivity contribution in [1.82, 2.24) is 9.97 Å². The molecule has 52 valence electrons. The van der Waals surface area contributed by atoms with Crippen molar-refractivity contribution in [3.05, 3.63) is 11.8 Å². The van der Waals surface area contributed by atoms with Crippen molar-refractivity contribution in [2.45, 2.75) is 0 Å². The second-order valence-electron chi connectivity index (χ2n) is 1.69. The summed E-state index contributed by atoms with van der Waals surface area (Å²) in [4.78, 5) is 7.44. The van der Waals surface area contributed by atoms with Crippen LogP contribution in [0.4, 0.5) is 11.8 Å². The van der Waals surface area contributed by atoms with Crippen LogP contribution in [0.5, 0.6) is 0 Å². The van der Waals surface area contributed by atoms with Gasteiger partial charge in [-0.1, -0.05) is 12.2 Å². The van der Waals surface area contributed by atoms with Gasteiger partial charge in [0.25, 0.3) is 0 Å². The Bertz CT molecular complexity index is 240. The fraction of sp³-hybridized carbons (Fsp3) is 0. The number of nitrogens with two attached hydrogens (primary N) is 2. The molecule has 0 radical (unpaired) electrons. The predicted molar refractivity (Wildman–Crippen MR) is 43.6 cm³/mol. The smallest absolute Gasteiger partial charge is 0.222 e. The van der Waals surface area contributed by atoms with Crippen LogP contribution >= 0.6 is 12.2 Å². The Morgan fingerprint density at radius 2 is 2.10 bits per heavy atom. The van der Waals surface area contributed by atoms with Crippen LogP contribution in [0, 0.1) is 0 Å². The standard InChI is InChI=1S/C5H6N4S/c6-4-1-3(2-10)8-5(7)9-4/h1-2H,(H4,6,7,8,9). The van der Waals surface area contributed by atoms with E-state index in [1.807, 2.05) is 0 Å². The first kappa shape index (κ1) is 6.88. The Kier molecular flexibility index (Phi) is 1.77. The molecule has 1 rings (SSSR count). The number of nitrogens with zero attached hydrogens (tertiary/aromatic N) is 2. The van der Waals surface area contributed by atoms with Gasteiger partial charge < -0.3 is 11.5 Å². The summed E-state index contributed by atoms with van der Waals surface area (Å²) in [5, 5.41) is 1.40. The highest BCUT2D eigenvalue weighted by molar-refractivity contribution is 7.79. The lowest BCUT2D eigenvalue weighted by Crippen LogP contribution is -2.01. The van der Waals surface area contributed by atoms with E-state index < -0.39 is 0 Å². The SMILES string of the molecule is Nc1cc(C=S)nc(N)n1. The molecule has 1 aromatic heterocycles. The van der Waals surface area contributed by atoms with Crippen LogP contribution in [0.15, 0.2) is 6.07 Å². The summed E-state index contributed by atoms with van der Waals surface area (Å²) in [6.45, 7) is 0. The normalized spacial score (nSPS) is 9.20. The summed E-state index contributed by atoms with van der Waals surface area (Å²) in [5.74, 6) is 0.486. The van der Waals surface area contributed by atoms with Crippen molar-refractivity contribution < 1.29 is 0 Å². The van der Waals surface area contributed by atoms with Gasteiger partial charge in [-0.2, -0.15) is 4.98 Å². The summed E-state index contributed by atoms with van der Waals surface area (Å²) >= 11 is 4.61. The average molecular weight is 154 g/mol. The minimum atomic E-state index is 0.149. The van der Waals surface area contributed by atoms with Gasteiger partial charge in [-0.15, -0.1) is 0 Å². The second-order valence-corrected chi connectivity index (χ2v) is 1.93. The quantitative estimate of drug-likeness (QED) is 0.556. The molecular weight excluding hydrogens is 148 g/mol. The van der Waals surface area contributed by atoms with Crippen LogP contribution in [0.25, 0.3) is 0 Å². The molecule has 5 heteroatoms. The lowest BCUT2D eigenvalue weighted by molar-refractivity contribution is 1.19. The van der Waals surface area contributed by atoms with E-state index in [1.165, 1.54) is 5.37 Å². The first-order chi connectivity index (χ1) is 4.72. The Labute approximate surface area is 63.3 Å². The van der Waals surface area contributed by atoms with Crippen molar-refractivity contribution in [3.63, 3.8) is 0 Å². The highest BCUT2D eigenvalue weighted by Gasteiger charge is 1.94. The summed E-state index contributed by atoms with van der Waals surface area (Å²) in [7, 11) is 0. The first-order valence-corrected chi connectivity index (χ1v) is 3.04. The van der Waals surface area contributed by atoms with Crippen LogP contribution in [0.2, 0.25) is 0 Å². The molecule has 0 fully saturated rings. The van der Waals surface area contributed by atoms with Crippen molar-refractivity contribution in [2.24, 2.45) is 0 Å². The van der Waals surface area contributed by atoms with Crippen molar-refractivity contribution in [2.75, 3.05) is 11.5 Å². The number of hydrogen-bond acceptors (Lipinski definition) is 5. The predicted octanol–water partition coefficient (Wildman–Crippen LogP) is -0.0112. The Morgan fingerprint density at radius 1 is 1.40 bits per heavy atom. The van der Waals surface area contributed by atoms with E-state index in [9.17, 15) is 0 Å². The molecule has 0 bridgehead atoms. The number of rotatable bonds is 1. The van der Waals surface area contributed by atoms with Crippen molar-refractivity contribution in [1.29, 1.82) is 0 Å². The minimum Gasteiger partial charge on any atom is -0.384 e. The summed E-state index contributed by atoms with van der Waals surface area (Å²) in [5.41, 5.74) is 11.2. The van der Waals surface area contributed by atoms with Gasteiger partial charge in [-0.3, -0.25) is 0 Å². The van der Waals surface area contributed by atoms with E-state index in [0.717, 1.165) is 0 Å². The van der Waals surface area contributed by atoms with Gasteiger partial charge >= 0.3 is 0 Å². The lowest BCUT2D eigenvalue weighted by Gasteiger charge is -1.95. The van der Waals surface area contributed by atoms with Crippen LogP contribution in [0.1, 0.15) is 5.69 Å². The highest BCUT2D eigenvalue weighted by Crippen LogP contribution is 2.01. The van der Waals surface area contributed by atoms with Crippen LogP contribution < -0.4 is 11.5 Å². The van der Waals surface area contributed by atoms with E-state index in [4.69, 9.17) is 11.5 Å². The van der Waals surface area contributed by atoms with Gasteiger partial charge in [0.05, 0.1) is 5.69 Å². The number of hydrogen-bond donors (Lipinski definition) is 2. The molecule has 1 aromatic rings. The second kappa shape index (κ2) is 2.57. The van der Waals surface area contributed by atoms with E-state index in [0.29, 0.717) is 11.5 Å².